The van der Waals surface area contributed by atoms with Crippen LogP contribution in [0.15, 0.2) is 53.0 Å². The Morgan fingerprint density at radius 2 is 1.85 bits per heavy atom. The summed E-state index contributed by atoms with van der Waals surface area (Å²) < 4.78 is 6.44. The second kappa shape index (κ2) is 6.96. The summed E-state index contributed by atoms with van der Waals surface area (Å²) in [7, 11) is 0. The van der Waals surface area contributed by atoms with Gasteiger partial charge in [-0.2, -0.15) is 0 Å². The predicted molar refractivity (Wildman–Crippen MR) is 82.8 cm³/mol. The van der Waals surface area contributed by atoms with Gasteiger partial charge in [0.15, 0.2) is 0 Å². The maximum Gasteiger partial charge on any atom is 0.251 e. The first-order valence-corrected chi connectivity index (χ1v) is 6.97. The highest BCUT2D eigenvalue weighted by Gasteiger charge is 2.04. The molecule has 0 unspecified atom stereocenters. The molecule has 2 aromatic rings. The van der Waals surface area contributed by atoms with Crippen molar-refractivity contribution in [1.29, 1.82) is 0 Å². The lowest BCUT2D eigenvalue weighted by atomic mass is 10.2. The van der Waals surface area contributed by atoms with Gasteiger partial charge >= 0.3 is 0 Å². The molecule has 4 nitrogen and oxygen atoms in total. The first kappa shape index (κ1) is 14.4. The van der Waals surface area contributed by atoms with Crippen molar-refractivity contribution in [2.24, 2.45) is 0 Å². The van der Waals surface area contributed by atoms with Crippen LogP contribution in [0.1, 0.15) is 10.4 Å². The second-order valence-corrected chi connectivity index (χ2v) is 5.06. The number of benzene rings is 2. The van der Waals surface area contributed by atoms with Crippen LogP contribution in [-0.4, -0.2) is 19.1 Å². The molecule has 0 aliphatic heterocycles. The standard InChI is InChI=1S/C15H15BrN2O2/c16-12-7-5-11(6-8-12)15(19)18-9-10-20-14-4-2-1-3-13(14)17/h1-8H,9-10,17H2,(H,18,19). The molecule has 0 heterocycles. The van der Waals surface area contributed by atoms with Crippen molar-refractivity contribution in [3.8, 4) is 5.75 Å². The Bertz CT molecular complexity index is 585. The van der Waals surface area contributed by atoms with Gasteiger partial charge in [-0.15, -0.1) is 0 Å². The number of rotatable bonds is 5. The van der Waals surface area contributed by atoms with Crippen molar-refractivity contribution in [2.45, 2.75) is 0 Å². The highest BCUT2D eigenvalue weighted by atomic mass is 79.9. The smallest absolute Gasteiger partial charge is 0.251 e. The summed E-state index contributed by atoms with van der Waals surface area (Å²) in [6.07, 6.45) is 0. The number of halogens is 1. The molecule has 0 aromatic heterocycles. The van der Waals surface area contributed by atoms with Crippen LogP contribution in [0.3, 0.4) is 0 Å². The molecule has 0 aliphatic carbocycles. The maximum absolute atomic E-state index is 11.8. The molecule has 0 spiro atoms. The molecule has 0 radical (unpaired) electrons. The third-order valence-corrected chi connectivity index (χ3v) is 3.20. The number of hydrogen-bond donors (Lipinski definition) is 2. The topological polar surface area (TPSA) is 64.3 Å². The van der Waals surface area contributed by atoms with E-state index in [9.17, 15) is 4.79 Å². The van der Waals surface area contributed by atoms with E-state index < -0.39 is 0 Å². The van der Waals surface area contributed by atoms with Gasteiger partial charge in [0.2, 0.25) is 0 Å². The summed E-state index contributed by atoms with van der Waals surface area (Å²) in [4.78, 5) is 11.8. The SMILES string of the molecule is Nc1ccccc1OCCNC(=O)c1ccc(Br)cc1. The van der Waals surface area contributed by atoms with Gasteiger partial charge in [0.25, 0.3) is 5.91 Å². The van der Waals surface area contributed by atoms with Crippen LogP contribution in [0.25, 0.3) is 0 Å². The quantitative estimate of drug-likeness (QED) is 0.652. The number of carbonyl (C=O) groups is 1. The number of anilines is 1. The summed E-state index contributed by atoms with van der Waals surface area (Å²) >= 11 is 3.33. The van der Waals surface area contributed by atoms with E-state index in [0.717, 1.165) is 4.47 Å². The first-order valence-electron chi connectivity index (χ1n) is 6.18. The molecule has 2 rings (SSSR count). The molecule has 5 heteroatoms. The molecule has 0 atom stereocenters. The number of carbonyl (C=O) groups excluding carboxylic acids is 1. The van der Waals surface area contributed by atoms with Crippen LogP contribution >= 0.6 is 15.9 Å². The number of hydrogen-bond acceptors (Lipinski definition) is 3. The minimum Gasteiger partial charge on any atom is -0.490 e. The number of amides is 1. The molecule has 104 valence electrons. The minimum absolute atomic E-state index is 0.123. The highest BCUT2D eigenvalue weighted by molar-refractivity contribution is 9.10. The fourth-order valence-electron chi connectivity index (χ4n) is 1.64. The Hall–Kier alpha value is -2.01. The highest BCUT2D eigenvalue weighted by Crippen LogP contribution is 2.19. The van der Waals surface area contributed by atoms with Crippen LogP contribution in [0.2, 0.25) is 0 Å². The number of nitrogens with one attached hydrogen (secondary N) is 1. The fraction of sp³-hybridized carbons (Fsp3) is 0.133. The van der Waals surface area contributed by atoms with E-state index in [-0.39, 0.29) is 5.91 Å². The summed E-state index contributed by atoms with van der Waals surface area (Å²) in [5, 5.41) is 2.79. The molecule has 0 aliphatic rings. The van der Waals surface area contributed by atoms with E-state index in [1.54, 1.807) is 24.3 Å². The van der Waals surface area contributed by atoms with Gasteiger partial charge < -0.3 is 15.8 Å². The molecule has 0 saturated heterocycles. The van der Waals surface area contributed by atoms with Gasteiger partial charge in [0, 0.05) is 10.0 Å². The summed E-state index contributed by atoms with van der Waals surface area (Å²) in [6.45, 7) is 0.791. The number of ether oxygens (including phenoxy) is 1. The van der Waals surface area contributed by atoms with Crippen molar-refractivity contribution < 1.29 is 9.53 Å². The van der Waals surface area contributed by atoms with E-state index in [1.165, 1.54) is 0 Å². The lowest BCUT2D eigenvalue weighted by Crippen LogP contribution is -2.28. The van der Waals surface area contributed by atoms with Crippen molar-refractivity contribution in [2.75, 3.05) is 18.9 Å². The summed E-state index contributed by atoms with van der Waals surface area (Å²) in [5.41, 5.74) is 6.96. The van der Waals surface area contributed by atoms with Crippen molar-refractivity contribution in [3.63, 3.8) is 0 Å². The van der Waals surface area contributed by atoms with Crippen LogP contribution in [-0.2, 0) is 0 Å². The molecular formula is C15H15BrN2O2. The Kier molecular flexibility index (Phi) is 5.01. The number of nitrogens with two attached hydrogens (primary N) is 1. The largest absolute Gasteiger partial charge is 0.490 e. The second-order valence-electron chi connectivity index (χ2n) is 4.15. The Balaban J connectivity index is 1.77. The van der Waals surface area contributed by atoms with E-state index in [2.05, 4.69) is 21.2 Å². The summed E-state index contributed by atoms with van der Waals surface area (Å²) in [5.74, 6) is 0.507. The zero-order chi connectivity index (χ0) is 14.4. The van der Waals surface area contributed by atoms with Gasteiger partial charge in [-0.05, 0) is 36.4 Å². The van der Waals surface area contributed by atoms with Crippen molar-refractivity contribution in [3.05, 3.63) is 58.6 Å². The number of nitrogen functional groups attached to an aromatic ring is 1. The molecule has 2 aromatic carbocycles. The molecule has 0 fully saturated rings. The number of para-hydroxylation sites is 2. The molecule has 20 heavy (non-hydrogen) atoms. The third kappa shape index (κ3) is 3.99. The van der Waals surface area contributed by atoms with Gasteiger partial charge in [-0.1, -0.05) is 28.1 Å². The average molecular weight is 335 g/mol. The Morgan fingerprint density at radius 3 is 2.55 bits per heavy atom. The van der Waals surface area contributed by atoms with Crippen LogP contribution in [0.4, 0.5) is 5.69 Å². The average Bonchev–Trinajstić information content (AvgIpc) is 2.46. The van der Waals surface area contributed by atoms with Crippen LogP contribution in [0.5, 0.6) is 5.75 Å². The van der Waals surface area contributed by atoms with Crippen molar-refractivity contribution >= 4 is 27.5 Å². The van der Waals surface area contributed by atoms with Gasteiger partial charge in [-0.25, -0.2) is 0 Å². The molecule has 1 amide bonds. The minimum atomic E-state index is -0.123. The fourth-order valence-corrected chi connectivity index (χ4v) is 1.91. The molecule has 0 saturated carbocycles. The van der Waals surface area contributed by atoms with E-state index in [0.29, 0.717) is 30.2 Å². The van der Waals surface area contributed by atoms with Gasteiger partial charge in [0.05, 0.1) is 12.2 Å². The molecule has 3 N–H and O–H groups in total. The zero-order valence-corrected chi connectivity index (χ0v) is 12.4. The molecule has 0 bridgehead atoms. The maximum atomic E-state index is 11.8. The van der Waals surface area contributed by atoms with E-state index in [1.807, 2.05) is 24.3 Å². The van der Waals surface area contributed by atoms with Gasteiger partial charge in [-0.3, -0.25) is 4.79 Å². The Morgan fingerprint density at radius 1 is 1.15 bits per heavy atom. The van der Waals surface area contributed by atoms with E-state index in [4.69, 9.17) is 10.5 Å². The lowest BCUT2D eigenvalue weighted by molar-refractivity contribution is 0.0947. The third-order valence-electron chi connectivity index (χ3n) is 2.67. The monoisotopic (exact) mass is 334 g/mol. The molecular weight excluding hydrogens is 320 g/mol. The zero-order valence-electron chi connectivity index (χ0n) is 10.8. The van der Waals surface area contributed by atoms with Crippen LogP contribution in [0, 0.1) is 0 Å². The lowest BCUT2D eigenvalue weighted by Gasteiger charge is -2.09. The normalized spacial score (nSPS) is 10.1. The summed E-state index contributed by atoms with van der Waals surface area (Å²) in [6, 6.07) is 14.4. The van der Waals surface area contributed by atoms with Crippen LogP contribution < -0.4 is 15.8 Å². The predicted octanol–water partition coefficient (Wildman–Crippen LogP) is 2.84. The van der Waals surface area contributed by atoms with Gasteiger partial charge in [0.1, 0.15) is 12.4 Å². The van der Waals surface area contributed by atoms with Crippen molar-refractivity contribution in [1.82, 2.24) is 5.32 Å². The van der Waals surface area contributed by atoms with E-state index >= 15 is 0 Å². The first-order chi connectivity index (χ1) is 9.66. The Labute approximate surface area is 126 Å².